The summed E-state index contributed by atoms with van der Waals surface area (Å²) in [5.74, 6) is -1.19. The lowest BCUT2D eigenvalue weighted by Crippen LogP contribution is -2.25. The number of nitrogens with two attached hydrogens (primary N) is 1. The van der Waals surface area contributed by atoms with Gasteiger partial charge >= 0.3 is 0 Å². The third-order valence-corrected chi connectivity index (χ3v) is 6.16. The van der Waals surface area contributed by atoms with E-state index < -0.39 is 32.3 Å². The summed E-state index contributed by atoms with van der Waals surface area (Å²) in [6.45, 7) is 1.32. The number of amides is 1. The third-order valence-electron chi connectivity index (χ3n) is 5.27. The zero-order valence-corrected chi connectivity index (χ0v) is 18.8. The quantitative estimate of drug-likeness (QED) is 0.248. The molecule has 0 bridgehead atoms. The van der Waals surface area contributed by atoms with Crippen molar-refractivity contribution in [1.82, 2.24) is 0 Å². The number of anilines is 4. The highest BCUT2D eigenvalue weighted by atomic mass is 32.2. The number of methoxy groups -OCH3 is 1. The highest BCUT2D eigenvalue weighted by molar-refractivity contribution is 7.86. The van der Waals surface area contributed by atoms with Crippen LogP contribution in [0.2, 0.25) is 0 Å². The molecule has 0 saturated carbocycles. The largest absolute Gasteiger partial charge is 0.495 e. The van der Waals surface area contributed by atoms with Gasteiger partial charge in [-0.1, -0.05) is 24.3 Å². The highest BCUT2D eigenvalue weighted by Gasteiger charge is 2.36. The van der Waals surface area contributed by atoms with E-state index in [-0.39, 0.29) is 33.8 Å². The molecule has 34 heavy (non-hydrogen) atoms. The lowest BCUT2D eigenvalue weighted by Gasteiger charge is -2.24. The number of nitrogen functional groups attached to an aromatic ring is 1. The van der Waals surface area contributed by atoms with Gasteiger partial charge < -0.3 is 21.1 Å². The summed E-state index contributed by atoms with van der Waals surface area (Å²) >= 11 is 0. The van der Waals surface area contributed by atoms with Crippen LogP contribution in [0.15, 0.2) is 53.4 Å². The summed E-state index contributed by atoms with van der Waals surface area (Å²) in [7, 11) is -3.42. The van der Waals surface area contributed by atoms with E-state index in [9.17, 15) is 27.4 Å². The van der Waals surface area contributed by atoms with Crippen LogP contribution in [0.25, 0.3) is 0 Å². The molecule has 0 saturated heterocycles. The number of ether oxygens (including phenoxy) is 1. The number of fused-ring (bicyclic) bond motifs is 2. The van der Waals surface area contributed by atoms with Gasteiger partial charge in [-0.15, -0.1) is 0 Å². The second kappa shape index (κ2) is 8.28. The van der Waals surface area contributed by atoms with Gasteiger partial charge in [-0.2, -0.15) is 8.42 Å². The van der Waals surface area contributed by atoms with E-state index in [1.54, 1.807) is 24.3 Å². The number of carbonyl (C=O) groups is 3. The predicted molar refractivity (Wildman–Crippen MR) is 125 cm³/mol. The van der Waals surface area contributed by atoms with Gasteiger partial charge in [0, 0.05) is 23.7 Å². The summed E-state index contributed by atoms with van der Waals surface area (Å²) < 4.78 is 39.0. The molecule has 0 radical (unpaired) electrons. The summed E-state index contributed by atoms with van der Waals surface area (Å²) in [5.41, 5.74) is 5.78. The summed E-state index contributed by atoms with van der Waals surface area (Å²) in [6.07, 6.45) is 0. The van der Waals surface area contributed by atoms with Gasteiger partial charge in [0.05, 0.1) is 35.3 Å². The van der Waals surface area contributed by atoms with Crippen molar-refractivity contribution in [3.05, 3.63) is 70.8 Å². The molecule has 4 rings (SSSR count). The molecule has 11 heteroatoms. The van der Waals surface area contributed by atoms with E-state index in [0.29, 0.717) is 17.1 Å². The summed E-state index contributed by atoms with van der Waals surface area (Å²) in [6, 6.07) is 11.7. The molecular formula is C23H19N3O7S. The minimum atomic E-state index is -4.84. The first-order chi connectivity index (χ1) is 16.0. The van der Waals surface area contributed by atoms with Crippen LogP contribution in [0.1, 0.15) is 38.8 Å². The van der Waals surface area contributed by atoms with Gasteiger partial charge in [0.1, 0.15) is 10.6 Å². The molecule has 1 aliphatic rings. The SMILES string of the molecule is COc1ccc(Nc2cc(S(=O)(=O)O)c(N)c3c2C(=O)c2ccccc2C3=O)cc1NC(C)=O. The van der Waals surface area contributed by atoms with Crippen molar-refractivity contribution in [3.63, 3.8) is 0 Å². The molecule has 3 aromatic carbocycles. The van der Waals surface area contributed by atoms with E-state index >= 15 is 0 Å². The third kappa shape index (κ3) is 3.87. The molecule has 174 valence electrons. The van der Waals surface area contributed by atoms with Crippen LogP contribution in [-0.4, -0.2) is 37.6 Å². The molecule has 1 amide bonds. The maximum absolute atomic E-state index is 13.4. The molecule has 0 aromatic heterocycles. The first-order valence-corrected chi connectivity index (χ1v) is 11.3. The molecule has 0 fully saturated rings. The molecule has 3 aromatic rings. The zero-order chi connectivity index (χ0) is 24.8. The van der Waals surface area contributed by atoms with Gasteiger partial charge in [-0.25, -0.2) is 0 Å². The van der Waals surface area contributed by atoms with Crippen molar-refractivity contribution in [1.29, 1.82) is 0 Å². The second-order valence-electron chi connectivity index (χ2n) is 7.49. The monoisotopic (exact) mass is 481 g/mol. The van der Waals surface area contributed by atoms with Gasteiger partial charge in [0.15, 0.2) is 11.6 Å². The van der Waals surface area contributed by atoms with E-state index in [1.165, 1.54) is 32.2 Å². The number of carbonyl (C=O) groups excluding carboxylic acids is 3. The maximum atomic E-state index is 13.4. The molecule has 0 spiro atoms. The maximum Gasteiger partial charge on any atom is 0.296 e. The van der Waals surface area contributed by atoms with Gasteiger partial charge in [0.2, 0.25) is 5.91 Å². The second-order valence-corrected chi connectivity index (χ2v) is 8.88. The van der Waals surface area contributed by atoms with Crippen molar-refractivity contribution in [3.8, 4) is 5.75 Å². The Morgan fingerprint density at radius 3 is 2.15 bits per heavy atom. The summed E-state index contributed by atoms with van der Waals surface area (Å²) in [5, 5.41) is 5.51. The Morgan fingerprint density at radius 2 is 1.59 bits per heavy atom. The number of ketones is 2. The highest BCUT2D eigenvalue weighted by Crippen LogP contribution is 2.40. The number of benzene rings is 3. The van der Waals surface area contributed by atoms with Gasteiger partial charge in [-0.05, 0) is 24.3 Å². The van der Waals surface area contributed by atoms with E-state index in [1.807, 2.05) is 0 Å². The Balaban J connectivity index is 1.95. The smallest absolute Gasteiger partial charge is 0.296 e. The minimum Gasteiger partial charge on any atom is -0.495 e. The number of rotatable bonds is 5. The molecule has 0 heterocycles. The number of nitrogens with one attached hydrogen (secondary N) is 2. The van der Waals surface area contributed by atoms with Crippen LogP contribution in [-0.2, 0) is 14.9 Å². The fraction of sp³-hybridized carbons (Fsp3) is 0.0870. The first-order valence-electron chi connectivity index (χ1n) is 9.88. The van der Waals surface area contributed by atoms with Crippen LogP contribution < -0.4 is 21.1 Å². The van der Waals surface area contributed by atoms with Crippen LogP contribution in [0, 0.1) is 0 Å². The van der Waals surface area contributed by atoms with Gasteiger partial charge in [0.25, 0.3) is 10.1 Å². The van der Waals surface area contributed by atoms with E-state index in [2.05, 4.69) is 10.6 Å². The Kier molecular flexibility index (Phi) is 5.59. The standard InChI is InChI=1S/C23H19N3O7S/c1-11(27)25-15-9-12(7-8-17(15)33-2)26-16-10-18(34(30,31)32)21(24)20-19(16)22(28)13-5-3-4-6-14(13)23(20)29/h3-10,26H,24H2,1-2H3,(H,25,27)(H,30,31,32). The minimum absolute atomic E-state index is 0.0661. The van der Waals surface area contributed by atoms with Crippen molar-refractivity contribution < 1.29 is 32.1 Å². The fourth-order valence-corrected chi connectivity index (χ4v) is 4.48. The van der Waals surface area contributed by atoms with Crippen molar-refractivity contribution in [2.75, 3.05) is 23.5 Å². The van der Waals surface area contributed by atoms with Crippen molar-refractivity contribution in [2.45, 2.75) is 11.8 Å². The predicted octanol–water partition coefficient (Wildman–Crippen LogP) is 3.00. The Hall–Kier alpha value is -4.22. The fourth-order valence-electron chi connectivity index (χ4n) is 3.83. The topological polar surface area (TPSA) is 165 Å². The van der Waals surface area contributed by atoms with Gasteiger partial charge in [-0.3, -0.25) is 18.9 Å². The number of hydrogen-bond acceptors (Lipinski definition) is 8. The molecule has 0 unspecified atom stereocenters. The molecular weight excluding hydrogens is 462 g/mol. The van der Waals surface area contributed by atoms with Crippen LogP contribution in [0.3, 0.4) is 0 Å². The van der Waals surface area contributed by atoms with Crippen molar-refractivity contribution in [2.24, 2.45) is 0 Å². The average molecular weight is 481 g/mol. The first kappa shape index (κ1) is 23.0. The lowest BCUT2D eigenvalue weighted by molar-refractivity contribution is -0.114. The van der Waals surface area contributed by atoms with Crippen LogP contribution >= 0.6 is 0 Å². The van der Waals surface area contributed by atoms with Crippen LogP contribution in [0.4, 0.5) is 22.7 Å². The molecule has 1 aliphatic carbocycles. The zero-order valence-electron chi connectivity index (χ0n) is 18.0. The van der Waals surface area contributed by atoms with E-state index in [4.69, 9.17) is 10.5 Å². The molecule has 0 aliphatic heterocycles. The normalized spacial score (nSPS) is 12.6. The molecule has 0 atom stereocenters. The summed E-state index contributed by atoms with van der Waals surface area (Å²) in [4.78, 5) is 37.4. The van der Waals surface area contributed by atoms with Crippen LogP contribution in [0.5, 0.6) is 5.75 Å². The Labute approximate surface area is 194 Å². The average Bonchev–Trinajstić information content (AvgIpc) is 2.77. The molecule has 5 N–H and O–H groups in total. The number of hydrogen-bond donors (Lipinski definition) is 4. The Morgan fingerprint density at radius 1 is 0.971 bits per heavy atom. The Bertz CT molecular complexity index is 1500. The van der Waals surface area contributed by atoms with Crippen molar-refractivity contribution >= 4 is 50.3 Å². The van der Waals surface area contributed by atoms with E-state index in [0.717, 1.165) is 6.07 Å². The lowest BCUT2D eigenvalue weighted by atomic mass is 9.82. The molecule has 10 nitrogen and oxygen atoms in total.